The molecular formula is C26H25N4O4P. The van der Waals surface area contributed by atoms with Crippen molar-refractivity contribution in [3.8, 4) is 0 Å². The van der Waals surface area contributed by atoms with E-state index in [0.717, 1.165) is 17.8 Å². The molecule has 2 fully saturated rings. The van der Waals surface area contributed by atoms with E-state index in [2.05, 4.69) is 6.58 Å². The fourth-order valence-electron chi connectivity index (χ4n) is 4.92. The third kappa shape index (κ3) is 3.90. The van der Waals surface area contributed by atoms with Crippen molar-refractivity contribution in [3.05, 3.63) is 107 Å². The highest BCUT2D eigenvalue weighted by molar-refractivity contribution is 7.69. The Bertz CT molecular complexity index is 1260. The summed E-state index contributed by atoms with van der Waals surface area (Å²) in [7, 11) is -3.50. The van der Waals surface area contributed by atoms with Crippen LogP contribution in [0, 0.1) is 10.1 Å². The second-order valence-corrected chi connectivity index (χ2v) is 11.4. The van der Waals surface area contributed by atoms with E-state index >= 15 is 4.57 Å². The number of amides is 1. The number of hydrogen-bond acceptors (Lipinski definition) is 4. The number of nitrogens with zero attached hydrogens (tertiary/aromatic N) is 4. The van der Waals surface area contributed by atoms with Crippen LogP contribution < -0.4 is 14.2 Å². The van der Waals surface area contributed by atoms with Crippen LogP contribution in [0.3, 0.4) is 0 Å². The zero-order chi connectivity index (χ0) is 24.6. The van der Waals surface area contributed by atoms with E-state index < -0.39 is 18.0 Å². The predicted molar refractivity (Wildman–Crippen MR) is 138 cm³/mol. The molecule has 2 saturated heterocycles. The lowest BCUT2D eigenvalue weighted by Gasteiger charge is -2.47. The minimum absolute atomic E-state index is 0.0619. The molecule has 0 spiro atoms. The molecule has 1 amide bonds. The molecule has 2 aliphatic heterocycles. The molecular weight excluding hydrogens is 463 g/mol. The summed E-state index contributed by atoms with van der Waals surface area (Å²) in [4.78, 5) is 25.9. The molecule has 0 radical (unpaired) electrons. The summed E-state index contributed by atoms with van der Waals surface area (Å²) in [5.74, 6) is -0.309. The average molecular weight is 488 g/mol. The summed E-state index contributed by atoms with van der Waals surface area (Å²) in [6, 6.07) is 24.9. The number of carbonyl (C=O) groups excluding carboxylic acids is 1. The number of hydrogen-bond donors (Lipinski definition) is 0. The highest BCUT2D eigenvalue weighted by Crippen LogP contribution is 2.65. The molecule has 9 heteroatoms. The molecule has 0 aromatic heterocycles. The molecule has 5 rings (SSSR count). The van der Waals surface area contributed by atoms with Crippen molar-refractivity contribution in [3.63, 3.8) is 0 Å². The van der Waals surface area contributed by atoms with Crippen LogP contribution >= 0.6 is 7.44 Å². The summed E-state index contributed by atoms with van der Waals surface area (Å²) >= 11 is 0. The van der Waals surface area contributed by atoms with Crippen molar-refractivity contribution in [2.45, 2.75) is 18.5 Å². The molecule has 2 aliphatic rings. The number of rotatable bonds is 5. The van der Waals surface area contributed by atoms with Gasteiger partial charge in [0.2, 0.25) is 5.91 Å². The number of nitro benzene ring substituents is 1. The maximum Gasteiger partial charge on any atom is 0.275 e. The Morgan fingerprint density at radius 2 is 1.34 bits per heavy atom. The van der Waals surface area contributed by atoms with E-state index in [1.165, 1.54) is 29.2 Å². The smallest absolute Gasteiger partial charge is 0.275 e. The van der Waals surface area contributed by atoms with Crippen molar-refractivity contribution in [2.75, 3.05) is 27.3 Å². The highest BCUT2D eigenvalue weighted by Gasteiger charge is 2.55. The van der Waals surface area contributed by atoms with E-state index in [0.29, 0.717) is 24.5 Å². The number of para-hydroxylation sites is 2. The van der Waals surface area contributed by atoms with Gasteiger partial charge in [0.25, 0.3) is 13.1 Å². The van der Waals surface area contributed by atoms with Crippen molar-refractivity contribution >= 4 is 36.1 Å². The first-order valence-corrected chi connectivity index (χ1v) is 13.1. The lowest BCUT2D eigenvalue weighted by Crippen LogP contribution is -2.45. The van der Waals surface area contributed by atoms with Crippen molar-refractivity contribution in [2.24, 2.45) is 0 Å². The van der Waals surface area contributed by atoms with Crippen LogP contribution in [-0.2, 0) is 9.36 Å². The molecule has 178 valence electrons. The van der Waals surface area contributed by atoms with Gasteiger partial charge in [-0.05, 0) is 42.8 Å². The zero-order valence-corrected chi connectivity index (χ0v) is 20.0. The van der Waals surface area contributed by atoms with Crippen LogP contribution in [0.5, 0.6) is 0 Å². The Morgan fingerprint density at radius 3 is 1.83 bits per heavy atom. The van der Waals surface area contributed by atoms with Crippen LogP contribution in [0.25, 0.3) is 0 Å². The largest absolute Gasteiger partial charge is 0.306 e. The predicted octanol–water partition coefficient (Wildman–Crippen LogP) is 5.82. The summed E-state index contributed by atoms with van der Waals surface area (Å²) in [6.07, 6.45) is 1.03. The maximum atomic E-state index is 15.2. The second kappa shape index (κ2) is 9.04. The van der Waals surface area contributed by atoms with E-state index in [-0.39, 0.29) is 18.0 Å². The van der Waals surface area contributed by atoms with Crippen LogP contribution in [-0.4, -0.2) is 29.6 Å². The molecule has 0 bridgehead atoms. The first-order chi connectivity index (χ1) is 16.9. The zero-order valence-electron chi connectivity index (χ0n) is 19.1. The van der Waals surface area contributed by atoms with Gasteiger partial charge in [-0.25, -0.2) is 0 Å². The van der Waals surface area contributed by atoms with Gasteiger partial charge in [-0.15, -0.1) is 0 Å². The van der Waals surface area contributed by atoms with E-state index in [1.807, 2.05) is 70.0 Å². The number of allylic oxidation sites excluding steroid dienone is 1. The monoisotopic (exact) mass is 488 g/mol. The summed E-state index contributed by atoms with van der Waals surface area (Å²) in [5, 5.41) is 11.1. The highest BCUT2D eigenvalue weighted by atomic mass is 31.2. The molecule has 35 heavy (non-hydrogen) atoms. The second-order valence-electron chi connectivity index (χ2n) is 8.59. The van der Waals surface area contributed by atoms with E-state index in [4.69, 9.17) is 0 Å². The van der Waals surface area contributed by atoms with Gasteiger partial charge in [0.15, 0.2) is 0 Å². The van der Waals surface area contributed by atoms with Crippen molar-refractivity contribution < 1.29 is 14.3 Å². The molecule has 8 nitrogen and oxygen atoms in total. The van der Waals surface area contributed by atoms with Crippen LogP contribution in [0.1, 0.15) is 12.8 Å². The third-order valence-corrected chi connectivity index (χ3v) is 9.98. The third-order valence-electron chi connectivity index (χ3n) is 6.52. The molecule has 0 N–H and O–H groups in total. The molecule has 2 heterocycles. The Labute approximate surface area is 203 Å². The summed E-state index contributed by atoms with van der Waals surface area (Å²) in [5.41, 5.74) is 1.73. The van der Waals surface area contributed by atoms with E-state index in [9.17, 15) is 14.9 Å². The van der Waals surface area contributed by atoms with Gasteiger partial charge in [0.1, 0.15) is 5.66 Å². The normalized spacial score (nSPS) is 19.8. The topological polar surface area (TPSA) is 87.0 Å². The Kier molecular flexibility index (Phi) is 5.91. The molecule has 1 atom stereocenters. The fraction of sp³-hybridized carbons (Fsp3) is 0.192. The first-order valence-electron chi connectivity index (χ1n) is 11.4. The lowest BCUT2D eigenvalue weighted by molar-refractivity contribution is -0.384. The average Bonchev–Trinajstić information content (AvgIpc) is 3.19. The number of non-ortho nitro benzene ring substituents is 1. The van der Waals surface area contributed by atoms with Gasteiger partial charge < -0.3 is 9.34 Å². The Hall–Kier alpha value is -3.90. The number of carbonyl (C=O) groups is 1. The number of benzene rings is 3. The quantitative estimate of drug-likeness (QED) is 0.255. The van der Waals surface area contributed by atoms with Crippen LogP contribution in [0.4, 0.5) is 22.7 Å². The van der Waals surface area contributed by atoms with Crippen molar-refractivity contribution in [1.82, 2.24) is 0 Å². The maximum absolute atomic E-state index is 15.2. The summed E-state index contributed by atoms with van der Waals surface area (Å²) in [6.45, 7) is 5.24. The van der Waals surface area contributed by atoms with Gasteiger partial charge in [-0.3, -0.25) is 24.4 Å². The lowest BCUT2D eigenvalue weighted by atomic mass is 10.2. The standard InChI is InChI=1S/C26H25N4O4P/c1-20-19-25(26(31)29(20)23-13-15-24(16-14-23)30(32)33)35(34)27(21-9-4-2-5-10-21)17-8-18-28(35)22-11-6-3-7-12-22/h2-7,9-16,25H,1,8,17-19H2. The van der Waals surface area contributed by atoms with Gasteiger partial charge in [0, 0.05) is 54.4 Å². The molecule has 1 unspecified atom stereocenters. The minimum atomic E-state index is -3.50. The number of anilines is 3. The SMILES string of the molecule is C=C1CC(P2(=O)N(c3ccccc3)CCCN2c2ccccc2)C(=O)N1c1ccc([N+](=O)[O-])cc1. The first kappa shape index (κ1) is 22.9. The van der Waals surface area contributed by atoms with Crippen LogP contribution in [0.2, 0.25) is 0 Å². The Morgan fingerprint density at radius 1 is 0.829 bits per heavy atom. The summed E-state index contributed by atoms with van der Waals surface area (Å²) < 4.78 is 19.1. The van der Waals surface area contributed by atoms with Gasteiger partial charge in [0.05, 0.1) is 4.92 Å². The van der Waals surface area contributed by atoms with Crippen LogP contribution in [0.15, 0.2) is 97.2 Å². The molecule has 3 aromatic carbocycles. The fourth-order valence-corrected chi connectivity index (χ4v) is 8.49. The molecule has 0 aliphatic carbocycles. The minimum Gasteiger partial charge on any atom is -0.306 e. The molecule has 0 saturated carbocycles. The van der Waals surface area contributed by atoms with E-state index in [1.54, 1.807) is 0 Å². The van der Waals surface area contributed by atoms with Gasteiger partial charge in [-0.1, -0.05) is 43.0 Å². The number of nitro groups is 1. The van der Waals surface area contributed by atoms with Gasteiger partial charge >= 0.3 is 0 Å². The van der Waals surface area contributed by atoms with Crippen molar-refractivity contribution in [1.29, 1.82) is 0 Å². The van der Waals surface area contributed by atoms with Gasteiger partial charge in [-0.2, -0.15) is 0 Å². The Balaban J connectivity index is 1.59. The molecule has 3 aromatic rings.